The van der Waals surface area contributed by atoms with Crippen molar-refractivity contribution in [1.82, 2.24) is 20.5 Å². The lowest BCUT2D eigenvalue weighted by Gasteiger charge is -2.21. The molecule has 0 saturated carbocycles. The summed E-state index contributed by atoms with van der Waals surface area (Å²) < 4.78 is 10.7. The summed E-state index contributed by atoms with van der Waals surface area (Å²) in [5, 5.41) is 14.7. The van der Waals surface area contributed by atoms with Gasteiger partial charge in [-0.05, 0) is 67.4 Å². The average molecular weight is 528 g/mol. The van der Waals surface area contributed by atoms with Crippen LogP contribution in [0.25, 0.3) is 23.0 Å². The summed E-state index contributed by atoms with van der Waals surface area (Å²) in [6.45, 7) is 4.49. The average Bonchev–Trinajstić information content (AvgIpc) is 3.47. The predicted octanol–water partition coefficient (Wildman–Crippen LogP) is 5.83. The summed E-state index contributed by atoms with van der Waals surface area (Å²) in [6, 6.07) is 21.1. The second-order valence-corrected chi connectivity index (χ2v) is 8.98. The normalized spacial score (nSPS) is 11.5. The van der Waals surface area contributed by atoms with E-state index >= 15 is 0 Å². The number of esters is 1. The third-order valence-electron chi connectivity index (χ3n) is 6.12. The van der Waals surface area contributed by atoms with Crippen LogP contribution in [0.1, 0.15) is 61.5 Å². The number of nitrogens with one attached hydrogen (secondary N) is 2. The van der Waals surface area contributed by atoms with Crippen LogP contribution in [-0.4, -0.2) is 40.2 Å². The molecule has 1 amide bonds. The van der Waals surface area contributed by atoms with Crippen LogP contribution in [0.4, 0.5) is 5.69 Å². The van der Waals surface area contributed by atoms with Crippen molar-refractivity contribution in [1.29, 1.82) is 0 Å². The Balaban J connectivity index is 1.39. The summed E-state index contributed by atoms with van der Waals surface area (Å²) in [4.78, 5) is 28.1. The summed E-state index contributed by atoms with van der Waals surface area (Å²) in [6.07, 6.45) is 4.94. The van der Waals surface area contributed by atoms with Crippen LogP contribution in [0.3, 0.4) is 0 Å². The van der Waals surface area contributed by atoms with E-state index in [2.05, 4.69) is 44.9 Å². The molecule has 2 heterocycles. The van der Waals surface area contributed by atoms with Gasteiger partial charge >= 0.3 is 5.97 Å². The molecule has 0 aliphatic carbocycles. The largest absolute Gasteiger partial charge is 0.466 e. The van der Waals surface area contributed by atoms with Gasteiger partial charge in [0.25, 0.3) is 11.8 Å². The molecule has 0 saturated heterocycles. The van der Waals surface area contributed by atoms with E-state index in [4.69, 9.17) is 9.15 Å². The molecule has 202 valence electrons. The number of aromatic nitrogens is 3. The molecule has 2 aromatic carbocycles. The summed E-state index contributed by atoms with van der Waals surface area (Å²) in [5.41, 5.74) is 4.05. The number of ether oxygens (including phenoxy) is 1. The highest BCUT2D eigenvalue weighted by atomic mass is 16.5. The van der Waals surface area contributed by atoms with Gasteiger partial charge in [0.05, 0.1) is 19.1 Å². The van der Waals surface area contributed by atoms with Gasteiger partial charge in [-0.25, -0.2) is 0 Å². The maximum absolute atomic E-state index is 12.4. The lowest BCUT2D eigenvalue weighted by molar-refractivity contribution is -0.142. The summed E-state index contributed by atoms with van der Waals surface area (Å²) >= 11 is 0. The predicted molar refractivity (Wildman–Crippen MR) is 149 cm³/mol. The minimum absolute atomic E-state index is 0.0926. The molecular formula is C30H33N5O4. The standard InChI is InChI=1S/C30H33N5O4/c1-3-5-8-25(33-24-16-14-22(15-17-24)28(37)32-20-18-27(36)38-4-2)21-10-12-23(13-11-21)29-34-35-30(39-29)26-9-6-7-19-31-26/h6-7,9-17,19,25,33H,3-5,8,18,20H2,1-2H3,(H,32,37)/t25-/m1/s1. The third-order valence-corrected chi connectivity index (χ3v) is 6.12. The molecule has 2 aromatic heterocycles. The number of pyridine rings is 1. The lowest BCUT2D eigenvalue weighted by atomic mass is 9.99. The fourth-order valence-corrected chi connectivity index (χ4v) is 4.05. The molecule has 0 bridgehead atoms. The van der Waals surface area contributed by atoms with Gasteiger partial charge in [-0.15, -0.1) is 10.2 Å². The van der Waals surface area contributed by atoms with Gasteiger partial charge in [0.1, 0.15) is 5.69 Å². The van der Waals surface area contributed by atoms with Gasteiger partial charge in [-0.2, -0.15) is 0 Å². The van der Waals surface area contributed by atoms with Gasteiger partial charge in [-0.3, -0.25) is 14.6 Å². The van der Waals surface area contributed by atoms with E-state index in [0.717, 1.165) is 36.1 Å². The van der Waals surface area contributed by atoms with Crippen molar-refractivity contribution in [2.45, 2.75) is 45.6 Å². The highest BCUT2D eigenvalue weighted by molar-refractivity contribution is 5.94. The van der Waals surface area contributed by atoms with Crippen LogP contribution < -0.4 is 10.6 Å². The molecule has 0 fully saturated rings. The Morgan fingerprint density at radius 2 is 1.72 bits per heavy atom. The first-order valence-electron chi connectivity index (χ1n) is 13.2. The topological polar surface area (TPSA) is 119 Å². The maximum atomic E-state index is 12.4. The van der Waals surface area contributed by atoms with Crippen molar-refractivity contribution < 1.29 is 18.7 Å². The van der Waals surface area contributed by atoms with E-state index in [1.165, 1.54) is 0 Å². The van der Waals surface area contributed by atoms with Crippen LogP contribution in [0, 0.1) is 0 Å². The highest BCUT2D eigenvalue weighted by Crippen LogP contribution is 2.28. The third kappa shape index (κ3) is 7.73. The summed E-state index contributed by atoms with van der Waals surface area (Å²) in [7, 11) is 0. The van der Waals surface area contributed by atoms with Crippen LogP contribution in [0.15, 0.2) is 77.3 Å². The van der Waals surface area contributed by atoms with Crippen LogP contribution >= 0.6 is 0 Å². The highest BCUT2D eigenvalue weighted by Gasteiger charge is 2.15. The van der Waals surface area contributed by atoms with Gasteiger partial charge in [0, 0.05) is 29.6 Å². The number of carbonyl (C=O) groups excluding carboxylic acids is 2. The number of anilines is 1. The Kier molecular flexibility index (Phi) is 9.77. The van der Waals surface area contributed by atoms with Crippen LogP contribution in [0.5, 0.6) is 0 Å². The number of hydrogen-bond donors (Lipinski definition) is 2. The fourth-order valence-electron chi connectivity index (χ4n) is 4.05. The molecule has 2 N–H and O–H groups in total. The first-order chi connectivity index (χ1) is 19.1. The van der Waals surface area contributed by atoms with Crippen LogP contribution in [-0.2, 0) is 9.53 Å². The molecule has 4 rings (SSSR count). The lowest BCUT2D eigenvalue weighted by Crippen LogP contribution is -2.26. The minimum Gasteiger partial charge on any atom is -0.466 e. The molecule has 4 aromatic rings. The molecule has 0 aliphatic rings. The molecular weight excluding hydrogens is 494 g/mol. The number of nitrogens with zero attached hydrogens (tertiary/aromatic N) is 3. The van der Waals surface area contributed by atoms with E-state index in [-0.39, 0.29) is 30.9 Å². The van der Waals surface area contributed by atoms with Crippen molar-refractivity contribution in [3.8, 4) is 23.0 Å². The summed E-state index contributed by atoms with van der Waals surface area (Å²) in [5.74, 6) is 0.274. The maximum Gasteiger partial charge on any atom is 0.307 e. The second-order valence-electron chi connectivity index (χ2n) is 8.98. The zero-order valence-corrected chi connectivity index (χ0v) is 22.2. The van der Waals surface area contributed by atoms with Crippen LogP contribution in [0.2, 0.25) is 0 Å². The van der Waals surface area contributed by atoms with E-state index < -0.39 is 0 Å². The van der Waals surface area contributed by atoms with Crippen molar-refractivity contribution >= 4 is 17.6 Å². The van der Waals surface area contributed by atoms with Gasteiger partial charge in [0.15, 0.2) is 0 Å². The number of carbonyl (C=O) groups is 2. The molecule has 9 heteroatoms. The molecule has 0 aliphatic heterocycles. The molecule has 0 radical (unpaired) electrons. The quantitative estimate of drug-likeness (QED) is 0.209. The number of benzene rings is 2. The molecule has 0 spiro atoms. The number of hydrogen-bond acceptors (Lipinski definition) is 8. The Labute approximate surface area is 228 Å². The first-order valence-corrected chi connectivity index (χ1v) is 13.2. The van der Waals surface area contributed by atoms with Gasteiger partial charge in [0.2, 0.25) is 5.89 Å². The van der Waals surface area contributed by atoms with E-state index in [1.54, 1.807) is 25.3 Å². The molecule has 0 unspecified atom stereocenters. The van der Waals surface area contributed by atoms with Crippen molar-refractivity contribution in [2.75, 3.05) is 18.5 Å². The van der Waals surface area contributed by atoms with Gasteiger partial charge in [-0.1, -0.05) is 38.0 Å². The number of rotatable bonds is 13. The van der Waals surface area contributed by atoms with E-state index in [9.17, 15) is 9.59 Å². The molecule has 9 nitrogen and oxygen atoms in total. The SMILES string of the molecule is CCCC[C@@H](Nc1ccc(C(=O)NCCC(=O)OCC)cc1)c1ccc(-c2nnc(-c3ccccn3)o2)cc1. The Morgan fingerprint density at radius 1 is 0.949 bits per heavy atom. The van der Waals surface area contributed by atoms with Crippen molar-refractivity contribution in [2.24, 2.45) is 0 Å². The molecule has 39 heavy (non-hydrogen) atoms. The second kappa shape index (κ2) is 13.9. The Hall–Kier alpha value is -4.53. The van der Waals surface area contributed by atoms with Gasteiger partial charge < -0.3 is 19.8 Å². The smallest absolute Gasteiger partial charge is 0.307 e. The Morgan fingerprint density at radius 3 is 2.41 bits per heavy atom. The van der Waals surface area contributed by atoms with E-state index in [1.807, 2.05) is 42.5 Å². The Bertz CT molecular complexity index is 1340. The van der Waals surface area contributed by atoms with E-state index in [0.29, 0.717) is 29.6 Å². The minimum atomic E-state index is -0.324. The fraction of sp³-hybridized carbons (Fsp3) is 0.300. The first kappa shape index (κ1) is 27.5. The number of amides is 1. The number of unbranched alkanes of at least 4 members (excludes halogenated alkanes) is 1. The monoisotopic (exact) mass is 527 g/mol. The zero-order valence-electron chi connectivity index (χ0n) is 22.2. The molecule has 1 atom stereocenters. The van der Waals surface area contributed by atoms with Crippen molar-refractivity contribution in [3.05, 3.63) is 84.1 Å². The van der Waals surface area contributed by atoms with Crippen molar-refractivity contribution in [3.63, 3.8) is 0 Å². The zero-order chi connectivity index (χ0) is 27.5.